The van der Waals surface area contributed by atoms with Gasteiger partial charge in [-0.05, 0) is 25.3 Å². The van der Waals surface area contributed by atoms with Gasteiger partial charge in [-0.15, -0.1) is 0 Å². The van der Waals surface area contributed by atoms with Crippen LogP contribution in [0.5, 0.6) is 0 Å². The molecule has 27 heavy (non-hydrogen) atoms. The smallest absolute Gasteiger partial charge is 0.379 e. The number of nitro benzene ring substituents is 1. The van der Waals surface area contributed by atoms with Crippen LogP contribution in [0.2, 0.25) is 5.02 Å². The van der Waals surface area contributed by atoms with E-state index in [4.69, 9.17) is 16.3 Å². The highest BCUT2D eigenvalue weighted by atomic mass is 35.5. The molecule has 150 valence electrons. The van der Waals surface area contributed by atoms with Crippen molar-refractivity contribution in [2.45, 2.75) is 31.5 Å². The summed E-state index contributed by atoms with van der Waals surface area (Å²) in [6, 6.07) is 1.64. The average molecular weight is 408 g/mol. The van der Waals surface area contributed by atoms with Crippen molar-refractivity contribution in [2.75, 3.05) is 44.3 Å². The fraction of sp³-hybridized carbons (Fsp3) is 0.647. The molecule has 1 aromatic rings. The highest BCUT2D eigenvalue weighted by Gasteiger charge is 2.38. The summed E-state index contributed by atoms with van der Waals surface area (Å²) in [7, 11) is 0. The fourth-order valence-electron chi connectivity index (χ4n) is 3.73. The normalized spacial score (nSPS) is 22.1. The van der Waals surface area contributed by atoms with Crippen LogP contribution in [-0.4, -0.2) is 55.3 Å². The number of anilines is 1. The summed E-state index contributed by atoms with van der Waals surface area (Å²) in [5.41, 5.74) is -1.57. The van der Waals surface area contributed by atoms with E-state index in [1.54, 1.807) is 0 Å². The Bertz CT molecular complexity index is 696. The lowest BCUT2D eigenvalue weighted by molar-refractivity contribution is -0.384. The molecule has 0 radical (unpaired) electrons. The van der Waals surface area contributed by atoms with Crippen LogP contribution in [0.1, 0.15) is 24.8 Å². The zero-order valence-corrected chi connectivity index (χ0v) is 15.4. The number of nitro groups is 1. The zero-order chi connectivity index (χ0) is 19.6. The Hall–Kier alpha value is -1.58. The second-order valence-electron chi connectivity index (χ2n) is 6.83. The molecule has 2 heterocycles. The molecule has 0 spiro atoms. The predicted octanol–water partition coefficient (Wildman–Crippen LogP) is 3.96. The third kappa shape index (κ3) is 4.64. The van der Waals surface area contributed by atoms with Gasteiger partial charge in [0.1, 0.15) is 5.69 Å². The highest BCUT2D eigenvalue weighted by molar-refractivity contribution is 6.31. The summed E-state index contributed by atoms with van der Waals surface area (Å²) < 4.78 is 44.7. The standard InChI is InChI=1S/C17H21ClF3N3O3/c18-14-10-15(16(24(25)26)9-13(14)17(19,20)21)23-4-2-1-3-12(23)11-22-5-7-27-8-6-22/h9-10,12H,1-8,11H2. The first-order valence-electron chi connectivity index (χ1n) is 8.89. The molecule has 6 nitrogen and oxygen atoms in total. The SMILES string of the molecule is O=[N+]([O-])c1cc(C(F)(F)F)c(Cl)cc1N1CCCCC1CN1CCOCC1. The van der Waals surface area contributed by atoms with Gasteiger partial charge in [0, 0.05) is 38.3 Å². The van der Waals surface area contributed by atoms with E-state index in [0.717, 1.165) is 38.4 Å². The first-order valence-corrected chi connectivity index (χ1v) is 9.27. The summed E-state index contributed by atoms with van der Waals surface area (Å²) >= 11 is 5.85. The van der Waals surface area contributed by atoms with E-state index < -0.39 is 27.4 Å². The van der Waals surface area contributed by atoms with Crippen molar-refractivity contribution in [1.29, 1.82) is 0 Å². The Labute approximate surface area is 160 Å². The van der Waals surface area contributed by atoms with Gasteiger partial charge in [-0.25, -0.2) is 0 Å². The summed E-state index contributed by atoms with van der Waals surface area (Å²) in [4.78, 5) is 14.8. The fourth-order valence-corrected chi connectivity index (χ4v) is 4.00. The number of hydrogen-bond donors (Lipinski definition) is 0. The van der Waals surface area contributed by atoms with E-state index in [1.165, 1.54) is 0 Å². The first kappa shape index (κ1) is 20.2. The zero-order valence-electron chi connectivity index (χ0n) is 14.7. The molecule has 2 aliphatic rings. The van der Waals surface area contributed by atoms with Crippen LogP contribution in [0.25, 0.3) is 0 Å². The molecule has 0 aliphatic carbocycles. The van der Waals surface area contributed by atoms with E-state index in [9.17, 15) is 23.3 Å². The number of benzene rings is 1. The lowest BCUT2D eigenvalue weighted by atomic mass is 9.99. The Morgan fingerprint density at radius 3 is 2.56 bits per heavy atom. The van der Waals surface area contributed by atoms with E-state index in [2.05, 4.69) is 4.90 Å². The minimum Gasteiger partial charge on any atom is -0.379 e. The minimum atomic E-state index is -4.74. The topological polar surface area (TPSA) is 58.9 Å². The van der Waals surface area contributed by atoms with Crippen molar-refractivity contribution >= 4 is 23.0 Å². The Morgan fingerprint density at radius 1 is 1.22 bits per heavy atom. The first-order chi connectivity index (χ1) is 12.8. The Balaban J connectivity index is 1.93. The molecular formula is C17H21ClF3N3O3. The van der Waals surface area contributed by atoms with Crippen molar-refractivity contribution < 1.29 is 22.8 Å². The van der Waals surface area contributed by atoms with Gasteiger partial charge in [0.2, 0.25) is 0 Å². The van der Waals surface area contributed by atoms with Gasteiger partial charge in [-0.3, -0.25) is 15.0 Å². The molecule has 2 fully saturated rings. The third-order valence-corrected chi connectivity index (χ3v) is 5.39. The summed E-state index contributed by atoms with van der Waals surface area (Å²) in [6.45, 7) is 4.08. The van der Waals surface area contributed by atoms with E-state index >= 15 is 0 Å². The van der Waals surface area contributed by atoms with Crippen LogP contribution in [0.4, 0.5) is 24.5 Å². The van der Waals surface area contributed by atoms with Crippen molar-refractivity contribution in [3.63, 3.8) is 0 Å². The van der Waals surface area contributed by atoms with Gasteiger partial charge in [0.25, 0.3) is 5.69 Å². The molecular weight excluding hydrogens is 387 g/mol. The number of ether oxygens (including phenoxy) is 1. The lowest BCUT2D eigenvalue weighted by Crippen LogP contribution is -2.49. The van der Waals surface area contributed by atoms with E-state index in [-0.39, 0.29) is 11.7 Å². The molecule has 1 atom stereocenters. The molecule has 10 heteroatoms. The number of morpholine rings is 1. The maximum absolute atomic E-state index is 13.1. The van der Waals surface area contributed by atoms with Gasteiger partial charge in [-0.1, -0.05) is 11.6 Å². The molecule has 2 aliphatic heterocycles. The van der Waals surface area contributed by atoms with Gasteiger partial charge in [0.05, 0.1) is 28.7 Å². The van der Waals surface area contributed by atoms with Crippen LogP contribution < -0.4 is 4.90 Å². The monoisotopic (exact) mass is 407 g/mol. The van der Waals surface area contributed by atoms with Crippen molar-refractivity contribution in [2.24, 2.45) is 0 Å². The van der Waals surface area contributed by atoms with Crippen LogP contribution in [0.15, 0.2) is 12.1 Å². The number of piperidine rings is 1. The Morgan fingerprint density at radius 2 is 1.93 bits per heavy atom. The number of rotatable bonds is 4. The number of nitrogens with zero attached hydrogens (tertiary/aromatic N) is 3. The average Bonchev–Trinajstić information content (AvgIpc) is 2.61. The summed E-state index contributed by atoms with van der Waals surface area (Å²) in [6.07, 6.45) is -2.11. The second kappa shape index (κ2) is 8.20. The second-order valence-corrected chi connectivity index (χ2v) is 7.24. The van der Waals surface area contributed by atoms with Crippen LogP contribution >= 0.6 is 11.6 Å². The quantitative estimate of drug-likeness (QED) is 0.558. The molecule has 1 unspecified atom stereocenters. The molecule has 0 bridgehead atoms. The van der Waals surface area contributed by atoms with E-state index in [1.807, 2.05) is 4.90 Å². The lowest BCUT2D eigenvalue weighted by Gasteiger charge is -2.40. The highest BCUT2D eigenvalue weighted by Crippen LogP contribution is 2.42. The van der Waals surface area contributed by atoms with Gasteiger partial charge in [0.15, 0.2) is 0 Å². The number of hydrogen-bond acceptors (Lipinski definition) is 5. The van der Waals surface area contributed by atoms with Crippen LogP contribution in [0, 0.1) is 10.1 Å². The van der Waals surface area contributed by atoms with Crippen molar-refractivity contribution in [3.8, 4) is 0 Å². The summed E-state index contributed by atoms with van der Waals surface area (Å²) in [5, 5.41) is 11.0. The minimum absolute atomic E-state index is 0.0108. The maximum atomic E-state index is 13.1. The summed E-state index contributed by atoms with van der Waals surface area (Å²) in [5.74, 6) is 0. The number of halogens is 4. The van der Waals surface area contributed by atoms with Gasteiger partial charge >= 0.3 is 6.18 Å². The van der Waals surface area contributed by atoms with Crippen LogP contribution in [-0.2, 0) is 10.9 Å². The molecule has 0 aromatic heterocycles. The molecule has 0 saturated carbocycles. The predicted molar refractivity (Wildman–Crippen MR) is 95.4 cm³/mol. The van der Waals surface area contributed by atoms with Gasteiger partial charge < -0.3 is 9.64 Å². The third-order valence-electron chi connectivity index (χ3n) is 5.08. The molecule has 0 N–H and O–H groups in total. The molecule has 0 amide bonds. The molecule has 1 aromatic carbocycles. The Kier molecular flexibility index (Phi) is 6.12. The van der Waals surface area contributed by atoms with Crippen molar-refractivity contribution in [1.82, 2.24) is 4.90 Å². The maximum Gasteiger partial charge on any atom is 0.418 e. The largest absolute Gasteiger partial charge is 0.418 e. The number of alkyl halides is 3. The van der Waals surface area contributed by atoms with Gasteiger partial charge in [-0.2, -0.15) is 13.2 Å². The van der Waals surface area contributed by atoms with E-state index in [0.29, 0.717) is 32.4 Å². The van der Waals surface area contributed by atoms with Crippen LogP contribution in [0.3, 0.4) is 0 Å². The molecule has 2 saturated heterocycles. The van der Waals surface area contributed by atoms with Crippen molar-refractivity contribution in [3.05, 3.63) is 32.8 Å². The molecule has 3 rings (SSSR count).